The number of rotatable bonds is 5. The Kier molecular flexibility index (Phi) is 6.69. The summed E-state index contributed by atoms with van der Waals surface area (Å²) in [5.41, 5.74) is 13.8. The molecule has 0 bridgehead atoms. The molecule has 0 unspecified atom stereocenters. The lowest BCUT2D eigenvalue weighted by Crippen LogP contribution is -2.32. The first kappa shape index (κ1) is 21.7. The number of aromatic nitrogens is 2. The molecular formula is C21H28ClN5O. The number of carbonyl (C=O) groups excluding carboxylic acids is 1. The predicted molar refractivity (Wildman–Crippen MR) is 117 cm³/mol. The average Bonchev–Trinajstić information content (AvgIpc) is 2.89. The lowest BCUT2D eigenvalue weighted by molar-refractivity contribution is -0.117. The molecule has 1 amide bonds. The number of carbonyl (C=O) groups is 1. The Labute approximate surface area is 172 Å². The van der Waals surface area contributed by atoms with Crippen LogP contribution in [-0.2, 0) is 11.3 Å². The Morgan fingerprint density at radius 3 is 2.46 bits per heavy atom. The van der Waals surface area contributed by atoms with E-state index in [9.17, 15) is 4.79 Å². The highest BCUT2D eigenvalue weighted by molar-refractivity contribution is 5.95. The molecule has 0 fully saturated rings. The zero-order valence-corrected chi connectivity index (χ0v) is 17.8. The summed E-state index contributed by atoms with van der Waals surface area (Å²) in [6, 6.07) is 7.63. The summed E-state index contributed by atoms with van der Waals surface area (Å²) in [4.78, 5) is 16.7. The quantitative estimate of drug-likeness (QED) is 0.605. The highest BCUT2D eigenvalue weighted by Crippen LogP contribution is 2.26. The molecular weight excluding hydrogens is 374 g/mol. The van der Waals surface area contributed by atoms with Crippen molar-refractivity contribution < 1.29 is 4.79 Å². The van der Waals surface area contributed by atoms with Gasteiger partial charge in [0.15, 0.2) is 5.65 Å². The van der Waals surface area contributed by atoms with E-state index in [0.717, 1.165) is 22.7 Å². The smallest absolute Gasteiger partial charge is 0.241 e. The summed E-state index contributed by atoms with van der Waals surface area (Å²) in [5, 5.41) is 6.38. The molecule has 0 aliphatic rings. The van der Waals surface area contributed by atoms with Crippen LogP contribution in [0.4, 0.5) is 11.4 Å². The molecule has 3 aromatic rings. The van der Waals surface area contributed by atoms with Crippen LogP contribution >= 0.6 is 12.4 Å². The van der Waals surface area contributed by atoms with Crippen molar-refractivity contribution in [3.05, 3.63) is 58.5 Å². The van der Waals surface area contributed by atoms with Crippen molar-refractivity contribution in [2.75, 3.05) is 10.6 Å². The fourth-order valence-electron chi connectivity index (χ4n) is 3.14. The first-order valence-corrected chi connectivity index (χ1v) is 9.12. The van der Waals surface area contributed by atoms with Crippen molar-refractivity contribution >= 4 is 35.3 Å². The van der Waals surface area contributed by atoms with Gasteiger partial charge in [-0.1, -0.05) is 18.2 Å². The lowest BCUT2D eigenvalue weighted by Gasteiger charge is -2.15. The molecule has 7 heteroatoms. The molecule has 0 saturated heterocycles. The number of amides is 1. The minimum absolute atomic E-state index is 0. The number of benzene rings is 1. The van der Waals surface area contributed by atoms with Crippen LogP contribution in [0.15, 0.2) is 30.5 Å². The molecule has 2 heterocycles. The van der Waals surface area contributed by atoms with Crippen molar-refractivity contribution in [2.24, 2.45) is 5.73 Å². The van der Waals surface area contributed by atoms with Crippen LogP contribution in [0.5, 0.6) is 0 Å². The van der Waals surface area contributed by atoms with Gasteiger partial charge in [-0.15, -0.1) is 12.4 Å². The number of anilines is 2. The third-order valence-electron chi connectivity index (χ3n) is 4.98. The van der Waals surface area contributed by atoms with Crippen molar-refractivity contribution in [3.63, 3.8) is 0 Å². The summed E-state index contributed by atoms with van der Waals surface area (Å²) < 4.78 is 2.00. The molecule has 1 atom stereocenters. The van der Waals surface area contributed by atoms with Crippen LogP contribution < -0.4 is 16.4 Å². The van der Waals surface area contributed by atoms with Crippen LogP contribution in [0.25, 0.3) is 5.65 Å². The molecule has 0 spiro atoms. The molecule has 0 saturated carbocycles. The van der Waals surface area contributed by atoms with Gasteiger partial charge in [0.1, 0.15) is 0 Å². The molecule has 28 heavy (non-hydrogen) atoms. The lowest BCUT2D eigenvalue weighted by atomic mass is 10.0. The number of halogens is 1. The second kappa shape index (κ2) is 8.63. The Balaban J connectivity index is 0.00000280. The number of nitrogens with zero attached hydrogens (tertiary/aromatic N) is 2. The predicted octanol–water partition coefficient (Wildman–Crippen LogP) is 3.89. The number of pyridine rings is 1. The van der Waals surface area contributed by atoms with Crippen molar-refractivity contribution in [3.8, 4) is 0 Å². The van der Waals surface area contributed by atoms with E-state index in [1.165, 1.54) is 16.7 Å². The summed E-state index contributed by atoms with van der Waals surface area (Å²) in [7, 11) is 0. The van der Waals surface area contributed by atoms with Gasteiger partial charge in [-0.25, -0.2) is 4.98 Å². The summed E-state index contributed by atoms with van der Waals surface area (Å²) in [6.07, 6.45) is 1.88. The first-order valence-electron chi connectivity index (χ1n) is 9.12. The summed E-state index contributed by atoms with van der Waals surface area (Å²) in [6.45, 7) is 10.6. The number of nitrogens with two attached hydrogens (primary N) is 1. The largest absolute Gasteiger partial charge is 0.378 e. The van der Waals surface area contributed by atoms with E-state index in [4.69, 9.17) is 5.73 Å². The molecule has 1 aromatic carbocycles. The second-order valence-corrected chi connectivity index (χ2v) is 7.12. The third kappa shape index (κ3) is 4.29. The van der Waals surface area contributed by atoms with Gasteiger partial charge in [-0.05, 0) is 57.4 Å². The minimum Gasteiger partial charge on any atom is -0.378 e. The topological polar surface area (TPSA) is 84.4 Å². The Hall–Kier alpha value is -2.57. The fourth-order valence-corrected chi connectivity index (χ4v) is 3.14. The number of hydrogen-bond acceptors (Lipinski definition) is 4. The van der Waals surface area contributed by atoms with E-state index in [1.54, 1.807) is 6.92 Å². The van der Waals surface area contributed by atoms with Gasteiger partial charge < -0.3 is 20.8 Å². The highest BCUT2D eigenvalue weighted by Gasteiger charge is 2.14. The zero-order valence-electron chi connectivity index (χ0n) is 17.0. The Bertz CT molecular complexity index is 989. The van der Waals surface area contributed by atoms with E-state index in [1.807, 2.05) is 30.5 Å². The van der Waals surface area contributed by atoms with Gasteiger partial charge in [0, 0.05) is 18.4 Å². The maximum absolute atomic E-state index is 12.0. The zero-order chi connectivity index (χ0) is 19.7. The maximum Gasteiger partial charge on any atom is 0.241 e. The normalized spacial score (nSPS) is 11.8. The molecule has 2 aromatic heterocycles. The summed E-state index contributed by atoms with van der Waals surface area (Å²) in [5.74, 6) is -0.218. The molecule has 4 N–H and O–H groups in total. The summed E-state index contributed by atoms with van der Waals surface area (Å²) >= 11 is 0. The van der Waals surface area contributed by atoms with Gasteiger partial charge >= 0.3 is 0 Å². The van der Waals surface area contributed by atoms with Gasteiger partial charge in [-0.2, -0.15) is 0 Å². The second-order valence-electron chi connectivity index (χ2n) is 7.12. The average molecular weight is 402 g/mol. The number of nitrogens with one attached hydrogen (secondary N) is 2. The van der Waals surface area contributed by atoms with E-state index in [2.05, 4.69) is 47.7 Å². The fraction of sp³-hybridized carbons (Fsp3) is 0.333. The van der Waals surface area contributed by atoms with Gasteiger partial charge in [-0.3, -0.25) is 4.79 Å². The van der Waals surface area contributed by atoms with E-state index in [0.29, 0.717) is 12.2 Å². The first-order chi connectivity index (χ1) is 12.8. The Morgan fingerprint density at radius 1 is 1.21 bits per heavy atom. The molecule has 0 aliphatic heterocycles. The SMILES string of the molecule is Cc1cccc(C)c1CNc1cc(NC(=O)[C@H](C)N)cn2c(C)c(C)nc12.Cl. The molecule has 0 radical (unpaired) electrons. The Morgan fingerprint density at radius 2 is 1.86 bits per heavy atom. The third-order valence-corrected chi connectivity index (χ3v) is 4.98. The van der Waals surface area contributed by atoms with Crippen LogP contribution in [-0.4, -0.2) is 21.3 Å². The van der Waals surface area contributed by atoms with Gasteiger partial charge in [0.05, 0.1) is 23.1 Å². The van der Waals surface area contributed by atoms with Gasteiger partial charge in [0.25, 0.3) is 0 Å². The molecule has 0 aliphatic carbocycles. The monoisotopic (exact) mass is 401 g/mol. The van der Waals surface area contributed by atoms with Gasteiger partial charge in [0.2, 0.25) is 5.91 Å². The standard InChI is InChI=1S/C21H27N5O.ClH/c1-12-7-6-8-13(2)18(12)10-23-19-9-17(25-21(27)14(3)22)11-26-16(5)15(4)24-20(19)26;/h6-9,11,14,23H,10,22H2,1-5H3,(H,25,27);1H/t14-;/m0./s1. The maximum atomic E-state index is 12.0. The number of imidazole rings is 1. The van der Waals surface area contributed by atoms with E-state index >= 15 is 0 Å². The molecule has 3 rings (SSSR count). The van der Waals surface area contributed by atoms with Crippen LogP contribution in [0.2, 0.25) is 0 Å². The van der Waals surface area contributed by atoms with Crippen molar-refractivity contribution in [2.45, 2.75) is 47.2 Å². The van der Waals surface area contributed by atoms with Crippen molar-refractivity contribution in [1.82, 2.24) is 9.38 Å². The number of aryl methyl sites for hydroxylation is 4. The van der Waals surface area contributed by atoms with Crippen LogP contribution in [0, 0.1) is 27.7 Å². The number of hydrogen-bond donors (Lipinski definition) is 3. The van der Waals surface area contributed by atoms with Crippen LogP contribution in [0.1, 0.15) is 35.0 Å². The highest BCUT2D eigenvalue weighted by atomic mass is 35.5. The molecule has 6 nitrogen and oxygen atoms in total. The van der Waals surface area contributed by atoms with E-state index in [-0.39, 0.29) is 18.3 Å². The minimum atomic E-state index is -0.572. The van der Waals surface area contributed by atoms with Crippen molar-refractivity contribution in [1.29, 1.82) is 0 Å². The molecule has 150 valence electrons. The van der Waals surface area contributed by atoms with E-state index < -0.39 is 6.04 Å². The van der Waals surface area contributed by atoms with Crippen LogP contribution in [0.3, 0.4) is 0 Å². The number of fused-ring (bicyclic) bond motifs is 1.